The van der Waals surface area contributed by atoms with E-state index < -0.39 is 6.10 Å². The average molecular weight is 230 g/mol. The summed E-state index contributed by atoms with van der Waals surface area (Å²) in [5.74, 6) is -0.0965. The van der Waals surface area contributed by atoms with Crippen molar-refractivity contribution in [1.29, 1.82) is 5.26 Å². The van der Waals surface area contributed by atoms with Crippen LogP contribution in [0.25, 0.3) is 0 Å². The molecule has 1 heterocycles. The Labute approximate surface area is 100 Å². The van der Waals surface area contributed by atoms with Crippen molar-refractivity contribution >= 4 is 11.6 Å². The van der Waals surface area contributed by atoms with Gasteiger partial charge in [-0.15, -0.1) is 0 Å². The summed E-state index contributed by atoms with van der Waals surface area (Å²) < 4.78 is 5.08. The lowest BCUT2D eigenvalue weighted by Gasteiger charge is -2.29. The number of nitriles is 1. The number of carbonyl (C=O) groups is 1. The highest BCUT2D eigenvalue weighted by Gasteiger charge is 2.26. The monoisotopic (exact) mass is 230 g/mol. The molecule has 1 fully saturated rings. The summed E-state index contributed by atoms with van der Waals surface area (Å²) in [6.45, 7) is 2.37. The van der Waals surface area contributed by atoms with Crippen LogP contribution in [0.3, 0.4) is 0 Å². The summed E-state index contributed by atoms with van der Waals surface area (Å²) in [6, 6.07) is 9.86. The van der Waals surface area contributed by atoms with Gasteiger partial charge in [-0.1, -0.05) is 19.1 Å². The number of amides is 1. The van der Waals surface area contributed by atoms with E-state index in [1.807, 2.05) is 30.3 Å². The molecular formula is C13H14N2O2. The smallest absolute Gasteiger partial charge is 0.253 e. The molecule has 0 N–H and O–H groups in total. The van der Waals surface area contributed by atoms with Crippen LogP contribution >= 0.6 is 0 Å². The molecule has 1 unspecified atom stereocenters. The van der Waals surface area contributed by atoms with Gasteiger partial charge in [0.2, 0.25) is 0 Å². The highest BCUT2D eigenvalue weighted by atomic mass is 16.5. The molecule has 4 nitrogen and oxygen atoms in total. The molecule has 1 aliphatic heterocycles. The fourth-order valence-corrected chi connectivity index (χ4v) is 1.81. The zero-order valence-electron chi connectivity index (χ0n) is 9.72. The topological polar surface area (TPSA) is 53.3 Å². The Morgan fingerprint density at radius 1 is 1.47 bits per heavy atom. The van der Waals surface area contributed by atoms with Crippen LogP contribution in [0.2, 0.25) is 0 Å². The highest BCUT2D eigenvalue weighted by Crippen LogP contribution is 2.19. The zero-order valence-corrected chi connectivity index (χ0v) is 9.72. The second-order valence-corrected chi connectivity index (χ2v) is 3.95. The Morgan fingerprint density at radius 2 is 2.18 bits per heavy atom. The second kappa shape index (κ2) is 4.98. The lowest BCUT2D eigenvalue weighted by molar-refractivity contribution is -0.127. The van der Waals surface area contributed by atoms with Gasteiger partial charge in [-0.3, -0.25) is 4.79 Å². The second-order valence-electron chi connectivity index (χ2n) is 3.95. The first kappa shape index (κ1) is 11.6. The molecule has 0 bridgehead atoms. The third kappa shape index (κ3) is 2.45. The van der Waals surface area contributed by atoms with Crippen LogP contribution in [0.4, 0.5) is 5.69 Å². The molecule has 0 aliphatic carbocycles. The summed E-state index contributed by atoms with van der Waals surface area (Å²) in [4.78, 5) is 13.3. The highest BCUT2D eigenvalue weighted by molar-refractivity contribution is 5.95. The summed E-state index contributed by atoms with van der Waals surface area (Å²) in [6.07, 6.45) is 0.441. The SMILES string of the molecule is CCc1ccc(N2CC(C#N)OCC2=O)cc1. The molecular weight excluding hydrogens is 216 g/mol. The zero-order chi connectivity index (χ0) is 12.3. The van der Waals surface area contributed by atoms with Crippen LogP contribution in [0.15, 0.2) is 24.3 Å². The third-order valence-electron chi connectivity index (χ3n) is 2.86. The molecule has 88 valence electrons. The first-order valence-corrected chi connectivity index (χ1v) is 5.65. The van der Waals surface area contributed by atoms with Crippen molar-refractivity contribution in [3.05, 3.63) is 29.8 Å². The van der Waals surface area contributed by atoms with Gasteiger partial charge in [-0.25, -0.2) is 0 Å². The lowest BCUT2D eigenvalue weighted by Crippen LogP contribution is -2.46. The van der Waals surface area contributed by atoms with Gasteiger partial charge in [0.25, 0.3) is 5.91 Å². The normalized spacial score (nSPS) is 20.1. The van der Waals surface area contributed by atoms with Crippen LogP contribution in [0, 0.1) is 11.3 Å². The maximum absolute atomic E-state index is 11.7. The minimum atomic E-state index is -0.529. The van der Waals surface area contributed by atoms with Crippen molar-refractivity contribution in [3.8, 4) is 6.07 Å². The summed E-state index contributed by atoms with van der Waals surface area (Å²) in [7, 11) is 0. The first-order valence-electron chi connectivity index (χ1n) is 5.65. The first-order chi connectivity index (χ1) is 8.24. The molecule has 1 amide bonds. The fourth-order valence-electron chi connectivity index (χ4n) is 1.81. The number of aryl methyl sites for hydroxylation is 1. The minimum absolute atomic E-state index is 0.0201. The number of carbonyl (C=O) groups excluding carboxylic acids is 1. The minimum Gasteiger partial charge on any atom is -0.352 e. The fraction of sp³-hybridized carbons (Fsp3) is 0.385. The van der Waals surface area contributed by atoms with E-state index in [4.69, 9.17) is 10.00 Å². The molecule has 1 aromatic rings. The Balaban J connectivity index is 2.19. The molecule has 1 saturated heterocycles. The Hall–Kier alpha value is -1.86. The van der Waals surface area contributed by atoms with E-state index in [9.17, 15) is 4.79 Å². The van der Waals surface area contributed by atoms with Gasteiger partial charge in [-0.2, -0.15) is 5.26 Å². The molecule has 4 heteroatoms. The number of anilines is 1. The van der Waals surface area contributed by atoms with Gasteiger partial charge in [-0.05, 0) is 24.1 Å². The summed E-state index contributed by atoms with van der Waals surface area (Å²) >= 11 is 0. The van der Waals surface area contributed by atoms with Gasteiger partial charge in [0.05, 0.1) is 12.6 Å². The van der Waals surface area contributed by atoms with E-state index in [0.29, 0.717) is 6.54 Å². The molecule has 1 aromatic carbocycles. The number of nitrogens with zero attached hydrogens (tertiary/aromatic N) is 2. The van der Waals surface area contributed by atoms with Gasteiger partial charge >= 0.3 is 0 Å². The molecule has 1 atom stereocenters. The predicted octanol–water partition coefficient (Wildman–Crippen LogP) is 1.50. The van der Waals surface area contributed by atoms with Gasteiger partial charge < -0.3 is 9.64 Å². The quantitative estimate of drug-likeness (QED) is 0.773. The Kier molecular flexibility index (Phi) is 3.40. The number of ether oxygens (including phenoxy) is 1. The van der Waals surface area contributed by atoms with Crippen molar-refractivity contribution < 1.29 is 9.53 Å². The molecule has 0 spiro atoms. The van der Waals surface area contributed by atoms with Crippen LogP contribution < -0.4 is 4.90 Å². The van der Waals surface area contributed by atoms with Gasteiger partial charge in [0.15, 0.2) is 6.10 Å². The number of rotatable bonds is 2. The van der Waals surface area contributed by atoms with Crippen molar-refractivity contribution in [3.63, 3.8) is 0 Å². The predicted molar refractivity (Wildman–Crippen MR) is 63.5 cm³/mol. The van der Waals surface area contributed by atoms with Crippen LogP contribution in [-0.4, -0.2) is 25.2 Å². The molecule has 0 radical (unpaired) electrons. The van der Waals surface area contributed by atoms with E-state index in [0.717, 1.165) is 12.1 Å². The van der Waals surface area contributed by atoms with E-state index in [1.54, 1.807) is 4.90 Å². The number of hydrogen-bond acceptors (Lipinski definition) is 3. The van der Waals surface area contributed by atoms with Crippen molar-refractivity contribution in [1.82, 2.24) is 0 Å². The van der Waals surface area contributed by atoms with E-state index >= 15 is 0 Å². The van der Waals surface area contributed by atoms with E-state index in [-0.39, 0.29) is 12.5 Å². The summed E-state index contributed by atoms with van der Waals surface area (Å²) in [5, 5.41) is 8.81. The Morgan fingerprint density at radius 3 is 2.76 bits per heavy atom. The molecule has 2 rings (SSSR count). The molecule has 1 aliphatic rings. The van der Waals surface area contributed by atoms with Gasteiger partial charge in [0, 0.05) is 5.69 Å². The standard InChI is InChI=1S/C13H14N2O2/c1-2-10-3-5-11(6-4-10)15-8-12(7-14)17-9-13(15)16/h3-6,12H,2,8-9H2,1H3. The largest absolute Gasteiger partial charge is 0.352 e. The molecule has 0 saturated carbocycles. The number of hydrogen-bond donors (Lipinski definition) is 0. The Bertz CT molecular complexity index is 447. The molecule has 0 aromatic heterocycles. The number of benzene rings is 1. The lowest BCUT2D eigenvalue weighted by atomic mass is 10.1. The maximum Gasteiger partial charge on any atom is 0.253 e. The average Bonchev–Trinajstić information content (AvgIpc) is 2.39. The van der Waals surface area contributed by atoms with Gasteiger partial charge in [0.1, 0.15) is 6.61 Å². The van der Waals surface area contributed by atoms with Crippen LogP contribution in [0.5, 0.6) is 0 Å². The van der Waals surface area contributed by atoms with Crippen LogP contribution in [-0.2, 0) is 16.0 Å². The summed E-state index contributed by atoms with van der Waals surface area (Å²) in [5.41, 5.74) is 2.06. The van der Waals surface area contributed by atoms with Crippen LogP contribution in [0.1, 0.15) is 12.5 Å². The van der Waals surface area contributed by atoms with Crippen molar-refractivity contribution in [2.24, 2.45) is 0 Å². The van der Waals surface area contributed by atoms with E-state index in [1.165, 1.54) is 5.56 Å². The van der Waals surface area contributed by atoms with E-state index in [2.05, 4.69) is 6.92 Å². The van der Waals surface area contributed by atoms with Crippen molar-refractivity contribution in [2.45, 2.75) is 19.4 Å². The number of morpholine rings is 1. The third-order valence-corrected chi connectivity index (χ3v) is 2.86. The maximum atomic E-state index is 11.7. The molecule has 17 heavy (non-hydrogen) atoms. The van der Waals surface area contributed by atoms with Crippen molar-refractivity contribution in [2.75, 3.05) is 18.1 Å².